The molecule has 1 N–H and O–H groups in total. The fraction of sp³-hybridized carbons (Fsp3) is 0.600. The maximum absolute atomic E-state index is 11.3. The van der Waals surface area contributed by atoms with Gasteiger partial charge in [0, 0.05) is 12.5 Å². The second-order valence-electron chi connectivity index (χ2n) is 4.37. The molecule has 78 valence electrons. The lowest BCUT2D eigenvalue weighted by atomic mass is 9.92. The summed E-state index contributed by atoms with van der Waals surface area (Å²) in [6.45, 7) is 5.62. The Morgan fingerprint density at radius 3 is 2.50 bits per heavy atom. The fourth-order valence-corrected chi connectivity index (χ4v) is 1.18. The van der Waals surface area contributed by atoms with Gasteiger partial charge in [-0.2, -0.15) is 5.10 Å². The number of aliphatic hydroxyl groups is 1. The summed E-state index contributed by atoms with van der Waals surface area (Å²) in [4.78, 5) is 11.3. The molecular formula is C10H16N2O2. The van der Waals surface area contributed by atoms with Crippen LogP contribution < -0.4 is 0 Å². The van der Waals surface area contributed by atoms with Crippen molar-refractivity contribution >= 4 is 5.78 Å². The SMILES string of the molecule is Cn1nc(C(C)(C)C)cc1C(=O)CO. The number of rotatable bonds is 2. The summed E-state index contributed by atoms with van der Waals surface area (Å²) in [5.41, 5.74) is 1.24. The van der Waals surface area contributed by atoms with E-state index in [1.807, 2.05) is 20.8 Å². The maximum Gasteiger partial charge on any atom is 0.206 e. The number of aromatic nitrogens is 2. The Balaban J connectivity index is 3.12. The van der Waals surface area contributed by atoms with Crippen molar-refractivity contribution in [3.8, 4) is 0 Å². The minimum Gasteiger partial charge on any atom is -0.388 e. The largest absolute Gasteiger partial charge is 0.388 e. The van der Waals surface area contributed by atoms with Crippen LogP contribution in [0.15, 0.2) is 6.07 Å². The molecule has 0 aromatic carbocycles. The van der Waals surface area contributed by atoms with Gasteiger partial charge in [0.05, 0.1) is 5.69 Å². The smallest absolute Gasteiger partial charge is 0.206 e. The molecule has 1 aromatic heterocycles. The summed E-state index contributed by atoms with van der Waals surface area (Å²) in [5, 5.41) is 13.0. The van der Waals surface area contributed by atoms with Crippen LogP contribution in [0.1, 0.15) is 37.0 Å². The van der Waals surface area contributed by atoms with E-state index in [0.717, 1.165) is 5.69 Å². The van der Waals surface area contributed by atoms with E-state index in [9.17, 15) is 4.79 Å². The molecule has 0 unspecified atom stereocenters. The zero-order valence-electron chi connectivity index (χ0n) is 9.03. The first-order valence-corrected chi connectivity index (χ1v) is 4.55. The average Bonchev–Trinajstić information content (AvgIpc) is 2.45. The highest BCUT2D eigenvalue weighted by Gasteiger charge is 2.20. The number of hydrogen-bond acceptors (Lipinski definition) is 3. The molecule has 0 aliphatic rings. The van der Waals surface area contributed by atoms with Crippen LogP contribution in [0.5, 0.6) is 0 Å². The lowest BCUT2D eigenvalue weighted by Gasteiger charge is -2.13. The van der Waals surface area contributed by atoms with Gasteiger partial charge in [-0.05, 0) is 6.07 Å². The molecule has 0 bridgehead atoms. The molecule has 1 aromatic rings. The highest BCUT2D eigenvalue weighted by Crippen LogP contribution is 2.21. The van der Waals surface area contributed by atoms with Crippen molar-refractivity contribution in [2.75, 3.05) is 6.61 Å². The maximum atomic E-state index is 11.3. The van der Waals surface area contributed by atoms with Crippen LogP contribution in [0.2, 0.25) is 0 Å². The molecule has 0 amide bonds. The number of carbonyl (C=O) groups is 1. The van der Waals surface area contributed by atoms with E-state index in [1.54, 1.807) is 13.1 Å². The first-order chi connectivity index (χ1) is 6.36. The lowest BCUT2D eigenvalue weighted by Crippen LogP contribution is -2.12. The Kier molecular flexibility index (Phi) is 2.76. The zero-order chi connectivity index (χ0) is 10.9. The highest BCUT2D eigenvalue weighted by molar-refractivity contribution is 5.95. The molecule has 0 atom stereocenters. The topological polar surface area (TPSA) is 55.1 Å². The molecule has 0 saturated heterocycles. The van der Waals surface area contributed by atoms with Gasteiger partial charge in [0.2, 0.25) is 5.78 Å². The van der Waals surface area contributed by atoms with Crippen molar-refractivity contribution in [2.45, 2.75) is 26.2 Å². The molecule has 0 radical (unpaired) electrons. The third-order valence-electron chi connectivity index (χ3n) is 2.08. The Morgan fingerprint density at radius 2 is 2.14 bits per heavy atom. The first kappa shape index (κ1) is 10.9. The predicted octanol–water partition coefficient (Wildman–Crippen LogP) is 0.893. The zero-order valence-corrected chi connectivity index (χ0v) is 9.03. The summed E-state index contributed by atoms with van der Waals surface area (Å²) >= 11 is 0. The summed E-state index contributed by atoms with van der Waals surface area (Å²) in [6, 6.07) is 1.73. The molecule has 14 heavy (non-hydrogen) atoms. The summed E-state index contributed by atoms with van der Waals surface area (Å²) < 4.78 is 1.51. The van der Waals surface area contributed by atoms with Gasteiger partial charge in [0.15, 0.2) is 0 Å². The molecule has 0 saturated carbocycles. The molecule has 0 aliphatic heterocycles. The van der Waals surface area contributed by atoms with E-state index in [4.69, 9.17) is 5.11 Å². The van der Waals surface area contributed by atoms with Crippen LogP contribution in [0.4, 0.5) is 0 Å². The molecule has 0 fully saturated rings. The number of ketones is 1. The Morgan fingerprint density at radius 1 is 1.57 bits per heavy atom. The molecular weight excluding hydrogens is 180 g/mol. The standard InChI is InChI=1S/C10H16N2O2/c1-10(2,3)9-5-7(8(14)6-13)12(4)11-9/h5,13H,6H2,1-4H3. The van der Waals surface area contributed by atoms with E-state index in [0.29, 0.717) is 5.69 Å². The van der Waals surface area contributed by atoms with Crippen LogP contribution in [-0.2, 0) is 12.5 Å². The number of aryl methyl sites for hydroxylation is 1. The van der Waals surface area contributed by atoms with E-state index < -0.39 is 6.61 Å². The van der Waals surface area contributed by atoms with Gasteiger partial charge in [-0.25, -0.2) is 0 Å². The number of aliphatic hydroxyl groups excluding tert-OH is 1. The van der Waals surface area contributed by atoms with Crippen molar-refractivity contribution in [1.82, 2.24) is 9.78 Å². The van der Waals surface area contributed by atoms with E-state index in [-0.39, 0.29) is 11.2 Å². The van der Waals surface area contributed by atoms with Crippen LogP contribution in [0, 0.1) is 0 Å². The predicted molar refractivity (Wildman–Crippen MR) is 53.3 cm³/mol. The Hall–Kier alpha value is -1.16. The fourth-order valence-electron chi connectivity index (χ4n) is 1.18. The normalized spacial score (nSPS) is 11.8. The van der Waals surface area contributed by atoms with Crippen molar-refractivity contribution in [3.63, 3.8) is 0 Å². The number of hydrogen-bond donors (Lipinski definition) is 1. The highest BCUT2D eigenvalue weighted by atomic mass is 16.3. The molecule has 0 spiro atoms. The quantitative estimate of drug-likeness (QED) is 0.715. The Labute approximate surface area is 83.5 Å². The van der Waals surface area contributed by atoms with Gasteiger partial charge in [-0.1, -0.05) is 20.8 Å². The van der Waals surface area contributed by atoms with Crippen LogP contribution in [0.25, 0.3) is 0 Å². The van der Waals surface area contributed by atoms with E-state index in [1.165, 1.54) is 4.68 Å². The first-order valence-electron chi connectivity index (χ1n) is 4.55. The van der Waals surface area contributed by atoms with Gasteiger partial charge in [-0.3, -0.25) is 9.48 Å². The number of carbonyl (C=O) groups excluding carboxylic acids is 1. The summed E-state index contributed by atoms with van der Waals surface area (Å²) in [5.74, 6) is -0.296. The minimum absolute atomic E-state index is 0.0776. The van der Waals surface area contributed by atoms with Crippen molar-refractivity contribution in [1.29, 1.82) is 0 Å². The second kappa shape index (κ2) is 3.53. The van der Waals surface area contributed by atoms with E-state index in [2.05, 4.69) is 5.10 Å². The van der Waals surface area contributed by atoms with Crippen molar-refractivity contribution in [2.24, 2.45) is 7.05 Å². The van der Waals surface area contributed by atoms with Crippen LogP contribution in [-0.4, -0.2) is 27.3 Å². The van der Waals surface area contributed by atoms with Gasteiger partial charge in [0.1, 0.15) is 12.3 Å². The Bertz CT molecular complexity index is 347. The lowest BCUT2D eigenvalue weighted by molar-refractivity contribution is 0.0894. The van der Waals surface area contributed by atoms with Crippen LogP contribution >= 0.6 is 0 Å². The monoisotopic (exact) mass is 196 g/mol. The van der Waals surface area contributed by atoms with Gasteiger partial charge in [-0.15, -0.1) is 0 Å². The van der Waals surface area contributed by atoms with Crippen LogP contribution in [0.3, 0.4) is 0 Å². The molecule has 4 nitrogen and oxygen atoms in total. The molecule has 1 rings (SSSR count). The van der Waals surface area contributed by atoms with Gasteiger partial charge < -0.3 is 5.11 Å². The minimum atomic E-state index is -0.469. The van der Waals surface area contributed by atoms with Crippen molar-refractivity contribution in [3.05, 3.63) is 17.5 Å². The summed E-state index contributed by atoms with van der Waals surface area (Å²) in [6.07, 6.45) is 0. The van der Waals surface area contributed by atoms with E-state index >= 15 is 0 Å². The van der Waals surface area contributed by atoms with Gasteiger partial charge >= 0.3 is 0 Å². The third kappa shape index (κ3) is 2.01. The average molecular weight is 196 g/mol. The second-order valence-corrected chi connectivity index (χ2v) is 4.37. The van der Waals surface area contributed by atoms with Crippen molar-refractivity contribution < 1.29 is 9.90 Å². The molecule has 4 heteroatoms. The molecule has 1 heterocycles. The third-order valence-corrected chi connectivity index (χ3v) is 2.08. The number of Topliss-reactive ketones (excluding diaryl/α,β-unsaturated/α-hetero) is 1. The van der Waals surface area contributed by atoms with Gasteiger partial charge in [0.25, 0.3) is 0 Å². The number of nitrogens with zero attached hydrogens (tertiary/aromatic N) is 2. The summed E-state index contributed by atoms with van der Waals surface area (Å²) in [7, 11) is 1.71. The molecule has 0 aliphatic carbocycles.